The fourth-order valence-electron chi connectivity index (χ4n) is 3.97. The van der Waals surface area contributed by atoms with E-state index in [1.54, 1.807) is 0 Å². The van der Waals surface area contributed by atoms with Crippen LogP contribution in [0.25, 0.3) is 0 Å². The largest absolute Gasteiger partial charge is 0.433 e. The molecule has 1 unspecified atom stereocenters. The van der Waals surface area contributed by atoms with E-state index < -0.39 is 33.1 Å². The lowest BCUT2D eigenvalue weighted by molar-refractivity contribution is -0.141. The molecule has 3 heterocycles. The van der Waals surface area contributed by atoms with Gasteiger partial charge >= 0.3 is 6.18 Å². The van der Waals surface area contributed by atoms with E-state index in [2.05, 4.69) is 9.88 Å². The second kappa shape index (κ2) is 7.97. The standard InChI is InChI=1S/C17H25F3N4O4S/c1-29(27,28)24-7-4-16(26,11-24)10-22-5-2-13(3-6-22)9-23-12-21-14(8-15(23)25)17(18,19)20/h8,12-13,26H,2-7,9-11H2,1H3. The average molecular weight is 438 g/mol. The van der Waals surface area contributed by atoms with Crippen molar-refractivity contribution in [1.29, 1.82) is 0 Å². The molecule has 2 aliphatic rings. The van der Waals surface area contributed by atoms with E-state index in [1.165, 1.54) is 8.87 Å². The number of alkyl halides is 3. The molecule has 2 saturated heterocycles. The normalized spacial score (nSPS) is 25.6. The number of rotatable bonds is 5. The number of β-amino-alcohol motifs (C(OH)–C–C–N with tert-alkyl or cyclic N) is 1. The predicted octanol–water partition coefficient (Wildman–Crippen LogP) is 0.370. The molecular weight excluding hydrogens is 413 g/mol. The molecule has 0 bridgehead atoms. The Bertz CT molecular complexity index is 897. The van der Waals surface area contributed by atoms with Crippen LogP contribution in [-0.2, 0) is 22.7 Å². The molecule has 164 valence electrons. The minimum Gasteiger partial charge on any atom is -0.387 e. The summed E-state index contributed by atoms with van der Waals surface area (Å²) in [5.41, 5.74) is -3.00. The Hall–Kier alpha value is -1.50. The van der Waals surface area contributed by atoms with Crippen molar-refractivity contribution in [1.82, 2.24) is 18.8 Å². The van der Waals surface area contributed by atoms with Crippen LogP contribution in [0.2, 0.25) is 0 Å². The molecule has 0 aliphatic carbocycles. The van der Waals surface area contributed by atoms with Crippen LogP contribution in [0, 0.1) is 5.92 Å². The minimum absolute atomic E-state index is 0.0817. The van der Waals surface area contributed by atoms with Crippen molar-refractivity contribution in [2.45, 2.75) is 37.6 Å². The van der Waals surface area contributed by atoms with Gasteiger partial charge in [0.25, 0.3) is 5.56 Å². The first-order valence-electron chi connectivity index (χ1n) is 9.39. The predicted molar refractivity (Wildman–Crippen MR) is 98.6 cm³/mol. The van der Waals surface area contributed by atoms with E-state index in [0.29, 0.717) is 45.2 Å². The van der Waals surface area contributed by atoms with Crippen LogP contribution in [0.3, 0.4) is 0 Å². The van der Waals surface area contributed by atoms with Crippen molar-refractivity contribution < 1.29 is 26.7 Å². The Kier molecular flexibility index (Phi) is 6.10. The molecule has 1 N–H and O–H groups in total. The molecule has 12 heteroatoms. The summed E-state index contributed by atoms with van der Waals surface area (Å²) in [4.78, 5) is 17.3. The van der Waals surface area contributed by atoms with E-state index in [9.17, 15) is 31.5 Å². The topological polar surface area (TPSA) is 95.7 Å². The number of hydrogen-bond donors (Lipinski definition) is 1. The lowest BCUT2D eigenvalue weighted by Gasteiger charge is -2.36. The highest BCUT2D eigenvalue weighted by Gasteiger charge is 2.41. The second-order valence-corrected chi connectivity index (χ2v) is 10.0. The van der Waals surface area contributed by atoms with Gasteiger partial charge in [-0.05, 0) is 38.3 Å². The van der Waals surface area contributed by atoms with Crippen molar-refractivity contribution in [2.24, 2.45) is 5.92 Å². The van der Waals surface area contributed by atoms with Crippen molar-refractivity contribution in [2.75, 3.05) is 39.0 Å². The second-order valence-electron chi connectivity index (χ2n) is 8.05. The molecule has 0 amide bonds. The van der Waals surface area contributed by atoms with Crippen molar-refractivity contribution in [3.8, 4) is 0 Å². The van der Waals surface area contributed by atoms with Gasteiger partial charge in [-0.15, -0.1) is 0 Å². The number of likely N-dealkylation sites (tertiary alicyclic amines) is 1. The molecule has 0 radical (unpaired) electrons. The Balaban J connectivity index is 1.52. The third-order valence-corrected chi connectivity index (χ3v) is 6.87. The van der Waals surface area contributed by atoms with Crippen LogP contribution < -0.4 is 5.56 Å². The lowest BCUT2D eigenvalue weighted by Crippen LogP contribution is -2.48. The molecule has 0 saturated carbocycles. The summed E-state index contributed by atoms with van der Waals surface area (Å²) >= 11 is 0. The fraction of sp³-hybridized carbons (Fsp3) is 0.765. The molecule has 1 aromatic heterocycles. The third-order valence-electron chi connectivity index (χ3n) is 5.62. The van der Waals surface area contributed by atoms with Gasteiger partial charge in [-0.1, -0.05) is 0 Å². The molecule has 1 aromatic rings. The molecule has 2 fully saturated rings. The van der Waals surface area contributed by atoms with Gasteiger partial charge in [-0.25, -0.2) is 13.4 Å². The Morgan fingerprint density at radius 2 is 1.93 bits per heavy atom. The maximum atomic E-state index is 12.6. The maximum absolute atomic E-state index is 12.6. The van der Waals surface area contributed by atoms with E-state index in [-0.39, 0.29) is 12.5 Å². The number of halogens is 3. The Labute approximate surface area is 167 Å². The van der Waals surface area contributed by atoms with Gasteiger partial charge in [0.2, 0.25) is 10.0 Å². The lowest BCUT2D eigenvalue weighted by atomic mass is 9.94. The Morgan fingerprint density at radius 1 is 1.28 bits per heavy atom. The minimum atomic E-state index is -4.64. The fourth-order valence-corrected chi connectivity index (χ4v) is 4.87. The molecule has 2 aliphatic heterocycles. The summed E-state index contributed by atoms with van der Waals surface area (Å²) in [5.74, 6) is 0.119. The van der Waals surface area contributed by atoms with Crippen LogP contribution in [0.5, 0.6) is 0 Å². The summed E-state index contributed by atoms with van der Waals surface area (Å²) in [6.45, 7) is 2.37. The summed E-state index contributed by atoms with van der Waals surface area (Å²) in [7, 11) is -3.33. The summed E-state index contributed by atoms with van der Waals surface area (Å²) < 4.78 is 63.6. The molecule has 3 rings (SSSR count). The number of piperidine rings is 1. The molecule has 29 heavy (non-hydrogen) atoms. The van der Waals surface area contributed by atoms with Gasteiger partial charge in [-0.2, -0.15) is 17.5 Å². The smallest absolute Gasteiger partial charge is 0.387 e. The summed E-state index contributed by atoms with van der Waals surface area (Å²) in [6, 6.07) is 0.512. The molecule has 1 atom stereocenters. The highest BCUT2D eigenvalue weighted by atomic mass is 32.2. The van der Waals surface area contributed by atoms with E-state index in [4.69, 9.17) is 0 Å². The summed E-state index contributed by atoms with van der Waals surface area (Å²) in [5, 5.41) is 10.7. The van der Waals surface area contributed by atoms with Crippen molar-refractivity contribution in [3.63, 3.8) is 0 Å². The van der Waals surface area contributed by atoms with Crippen molar-refractivity contribution >= 4 is 10.0 Å². The van der Waals surface area contributed by atoms with Gasteiger partial charge in [0.05, 0.1) is 18.2 Å². The van der Waals surface area contributed by atoms with Gasteiger partial charge in [0, 0.05) is 32.2 Å². The number of aromatic nitrogens is 2. The molecule has 0 aromatic carbocycles. The van der Waals surface area contributed by atoms with Crippen LogP contribution in [-0.4, -0.2) is 76.9 Å². The number of hydrogen-bond acceptors (Lipinski definition) is 6. The zero-order valence-electron chi connectivity index (χ0n) is 16.1. The number of nitrogens with zero attached hydrogens (tertiary/aromatic N) is 4. The van der Waals surface area contributed by atoms with E-state index in [0.717, 1.165) is 25.4 Å². The first-order valence-corrected chi connectivity index (χ1v) is 11.2. The molecule has 0 spiro atoms. The number of sulfonamides is 1. The van der Waals surface area contributed by atoms with Gasteiger partial charge in [0.15, 0.2) is 5.69 Å². The van der Waals surface area contributed by atoms with Crippen LogP contribution in [0.4, 0.5) is 13.2 Å². The van der Waals surface area contributed by atoms with Crippen LogP contribution in [0.15, 0.2) is 17.2 Å². The highest BCUT2D eigenvalue weighted by molar-refractivity contribution is 7.88. The van der Waals surface area contributed by atoms with Crippen LogP contribution in [0.1, 0.15) is 25.0 Å². The Morgan fingerprint density at radius 3 is 2.45 bits per heavy atom. The summed E-state index contributed by atoms with van der Waals surface area (Å²) in [6.07, 6.45) is -0.747. The molecule has 8 nitrogen and oxygen atoms in total. The zero-order chi connectivity index (χ0) is 21.4. The SMILES string of the molecule is CS(=O)(=O)N1CCC(O)(CN2CCC(Cn3cnc(C(F)(F)F)cc3=O)CC2)C1. The molecular formula is C17H25F3N4O4S. The van der Waals surface area contributed by atoms with Crippen molar-refractivity contribution in [3.05, 3.63) is 28.4 Å². The van der Waals surface area contributed by atoms with E-state index >= 15 is 0 Å². The van der Waals surface area contributed by atoms with Crippen LogP contribution >= 0.6 is 0 Å². The first kappa shape index (κ1) is 22.2. The average Bonchev–Trinajstić information content (AvgIpc) is 3.00. The monoisotopic (exact) mass is 438 g/mol. The van der Waals surface area contributed by atoms with Gasteiger partial charge in [-0.3, -0.25) is 9.36 Å². The maximum Gasteiger partial charge on any atom is 0.433 e. The van der Waals surface area contributed by atoms with E-state index in [1.807, 2.05) is 0 Å². The quantitative estimate of drug-likeness (QED) is 0.714. The first-order chi connectivity index (χ1) is 13.4. The number of aliphatic hydroxyl groups is 1. The van der Waals surface area contributed by atoms with Gasteiger partial charge in [0.1, 0.15) is 0 Å². The zero-order valence-corrected chi connectivity index (χ0v) is 16.9. The third kappa shape index (κ3) is 5.56. The highest BCUT2D eigenvalue weighted by Crippen LogP contribution is 2.28. The van der Waals surface area contributed by atoms with Gasteiger partial charge < -0.3 is 10.0 Å².